The zero-order valence-corrected chi connectivity index (χ0v) is 11.6. The number of benzene rings is 1. The molecule has 19 heavy (non-hydrogen) atoms. The van der Waals surface area contributed by atoms with E-state index in [0.717, 1.165) is 12.0 Å². The van der Waals surface area contributed by atoms with Gasteiger partial charge in [-0.1, -0.05) is 39.3 Å². The summed E-state index contributed by atoms with van der Waals surface area (Å²) in [5.74, 6) is -1.43. The number of amides is 1. The summed E-state index contributed by atoms with van der Waals surface area (Å²) in [6, 6.07) is 6.37. The van der Waals surface area contributed by atoms with E-state index in [9.17, 15) is 9.59 Å². The van der Waals surface area contributed by atoms with Crippen LogP contribution in [0.5, 0.6) is 0 Å². The Kier molecular flexibility index (Phi) is 5.55. The molecule has 1 amide bonds. The van der Waals surface area contributed by atoms with Crippen molar-refractivity contribution < 1.29 is 14.7 Å². The largest absolute Gasteiger partial charge is 0.480 e. The molecular formula is C15H21NO3. The molecule has 0 saturated carbocycles. The summed E-state index contributed by atoms with van der Waals surface area (Å²) >= 11 is 0. The molecule has 0 saturated heterocycles. The molecule has 1 rings (SSSR count). The molecule has 0 aliphatic carbocycles. The highest BCUT2D eigenvalue weighted by atomic mass is 16.4. The lowest BCUT2D eigenvalue weighted by Crippen LogP contribution is -2.45. The van der Waals surface area contributed by atoms with Crippen LogP contribution in [-0.2, 0) is 11.2 Å². The summed E-state index contributed by atoms with van der Waals surface area (Å²) in [5, 5.41) is 11.7. The number of carboxylic acid groups (broad SMARTS) is 1. The molecule has 0 spiro atoms. The SMILES string of the molecule is CCc1ccc(C(=O)NC(C(=O)O)C(C)CC)cc1. The Bertz CT molecular complexity index is 439. The van der Waals surface area contributed by atoms with Gasteiger partial charge in [0.25, 0.3) is 5.91 Å². The first-order valence-electron chi connectivity index (χ1n) is 6.62. The fourth-order valence-corrected chi connectivity index (χ4v) is 1.80. The molecule has 104 valence electrons. The van der Waals surface area contributed by atoms with Gasteiger partial charge in [0, 0.05) is 5.56 Å². The molecule has 0 aromatic heterocycles. The summed E-state index contributed by atoms with van der Waals surface area (Å²) in [6.07, 6.45) is 1.61. The van der Waals surface area contributed by atoms with Crippen LogP contribution in [0, 0.1) is 5.92 Å². The topological polar surface area (TPSA) is 66.4 Å². The molecule has 0 fully saturated rings. The third kappa shape index (κ3) is 4.09. The second-order valence-electron chi connectivity index (χ2n) is 4.73. The Hall–Kier alpha value is -1.84. The highest BCUT2D eigenvalue weighted by Crippen LogP contribution is 2.10. The van der Waals surface area contributed by atoms with Crippen LogP contribution in [0.1, 0.15) is 43.1 Å². The Labute approximate surface area is 113 Å². The summed E-state index contributed by atoms with van der Waals surface area (Å²) in [6.45, 7) is 5.76. The van der Waals surface area contributed by atoms with Gasteiger partial charge < -0.3 is 10.4 Å². The first-order chi connectivity index (χ1) is 8.99. The number of hydrogen-bond acceptors (Lipinski definition) is 2. The number of aryl methyl sites for hydroxylation is 1. The maximum Gasteiger partial charge on any atom is 0.326 e. The smallest absolute Gasteiger partial charge is 0.326 e. The van der Waals surface area contributed by atoms with E-state index in [1.54, 1.807) is 12.1 Å². The molecule has 0 bridgehead atoms. The molecule has 1 aromatic carbocycles. The molecule has 0 radical (unpaired) electrons. The second kappa shape index (κ2) is 6.92. The van der Waals surface area contributed by atoms with Gasteiger partial charge in [0.05, 0.1) is 0 Å². The number of aliphatic carboxylic acids is 1. The number of nitrogens with one attached hydrogen (secondary N) is 1. The Morgan fingerprint density at radius 2 is 1.79 bits per heavy atom. The average molecular weight is 263 g/mol. The van der Waals surface area contributed by atoms with Crippen molar-refractivity contribution in [2.75, 3.05) is 0 Å². The van der Waals surface area contributed by atoms with E-state index in [2.05, 4.69) is 5.32 Å². The zero-order chi connectivity index (χ0) is 14.4. The van der Waals surface area contributed by atoms with Crippen LogP contribution < -0.4 is 5.32 Å². The standard InChI is InChI=1S/C15H21NO3/c1-4-10(3)13(15(18)19)16-14(17)12-8-6-11(5-2)7-9-12/h6-10,13H,4-5H2,1-3H3,(H,16,17)(H,18,19). The van der Waals surface area contributed by atoms with Gasteiger partial charge in [-0.2, -0.15) is 0 Å². The van der Waals surface area contributed by atoms with Crippen molar-refractivity contribution in [2.45, 2.75) is 39.7 Å². The molecule has 2 unspecified atom stereocenters. The normalized spacial score (nSPS) is 13.6. The fraction of sp³-hybridized carbons (Fsp3) is 0.467. The summed E-state index contributed by atoms with van der Waals surface area (Å²) in [5.41, 5.74) is 1.64. The summed E-state index contributed by atoms with van der Waals surface area (Å²) in [7, 11) is 0. The van der Waals surface area contributed by atoms with E-state index in [1.165, 1.54) is 0 Å². The third-order valence-corrected chi connectivity index (χ3v) is 3.39. The molecular weight excluding hydrogens is 242 g/mol. The van der Waals surface area contributed by atoms with Crippen molar-refractivity contribution in [1.29, 1.82) is 0 Å². The first kappa shape index (κ1) is 15.2. The van der Waals surface area contributed by atoms with Crippen molar-refractivity contribution in [3.63, 3.8) is 0 Å². The number of carbonyl (C=O) groups is 2. The minimum Gasteiger partial charge on any atom is -0.480 e. The third-order valence-electron chi connectivity index (χ3n) is 3.39. The monoisotopic (exact) mass is 263 g/mol. The van der Waals surface area contributed by atoms with Crippen molar-refractivity contribution in [2.24, 2.45) is 5.92 Å². The van der Waals surface area contributed by atoms with Gasteiger partial charge in [-0.3, -0.25) is 4.79 Å². The van der Waals surface area contributed by atoms with Gasteiger partial charge in [-0.25, -0.2) is 4.79 Å². The quantitative estimate of drug-likeness (QED) is 0.828. The van der Waals surface area contributed by atoms with Gasteiger partial charge in [-0.05, 0) is 30.0 Å². The molecule has 4 heteroatoms. The lowest BCUT2D eigenvalue weighted by atomic mass is 9.99. The Balaban J connectivity index is 2.78. The van der Waals surface area contributed by atoms with Crippen molar-refractivity contribution >= 4 is 11.9 Å². The molecule has 0 heterocycles. The number of carboxylic acids is 1. The summed E-state index contributed by atoms with van der Waals surface area (Å²) < 4.78 is 0. The zero-order valence-electron chi connectivity index (χ0n) is 11.6. The molecule has 2 atom stereocenters. The molecule has 2 N–H and O–H groups in total. The van der Waals surface area contributed by atoms with Crippen molar-refractivity contribution in [3.8, 4) is 0 Å². The molecule has 4 nitrogen and oxygen atoms in total. The Morgan fingerprint density at radius 1 is 1.21 bits per heavy atom. The maximum atomic E-state index is 12.0. The average Bonchev–Trinajstić information content (AvgIpc) is 2.43. The lowest BCUT2D eigenvalue weighted by Gasteiger charge is -2.20. The minimum atomic E-state index is -0.993. The highest BCUT2D eigenvalue weighted by Gasteiger charge is 2.25. The van der Waals surface area contributed by atoms with E-state index in [1.807, 2.05) is 32.9 Å². The van der Waals surface area contributed by atoms with Crippen LogP contribution in [0.2, 0.25) is 0 Å². The van der Waals surface area contributed by atoms with E-state index >= 15 is 0 Å². The van der Waals surface area contributed by atoms with Crippen LogP contribution in [0.4, 0.5) is 0 Å². The first-order valence-corrected chi connectivity index (χ1v) is 6.62. The molecule has 1 aromatic rings. The van der Waals surface area contributed by atoms with Gasteiger partial charge >= 0.3 is 5.97 Å². The van der Waals surface area contributed by atoms with E-state index in [-0.39, 0.29) is 11.8 Å². The van der Waals surface area contributed by atoms with Crippen LogP contribution >= 0.6 is 0 Å². The Morgan fingerprint density at radius 3 is 2.21 bits per heavy atom. The highest BCUT2D eigenvalue weighted by molar-refractivity contribution is 5.96. The van der Waals surface area contributed by atoms with E-state index in [4.69, 9.17) is 5.11 Å². The van der Waals surface area contributed by atoms with Crippen LogP contribution in [0.15, 0.2) is 24.3 Å². The number of rotatable bonds is 6. The van der Waals surface area contributed by atoms with Crippen molar-refractivity contribution in [3.05, 3.63) is 35.4 Å². The molecule has 0 aliphatic heterocycles. The summed E-state index contributed by atoms with van der Waals surface area (Å²) in [4.78, 5) is 23.2. The van der Waals surface area contributed by atoms with Gasteiger partial charge in [-0.15, -0.1) is 0 Å². The van der Waals surface area contributed by atoms with Crippen molar-refractivity contribution in [1.82, 2.24) is 5.32 Å². The predicted molar refractivity (Wildman–Crippen MR) is 74.2 cm³/mol. The number of carbonyl (C=O) groups excluding carboxylic acids is 1. The van der Waals surface area contributed by atoms with Gasteiger partial charge in [0.2, 0.25) is 0 Å². The van der Waals surface area contributed by atoms with Crippen LogP contribution in [0.25, 0.3) is 0 Å². The van der Waals surface area contributed by atoms with Crippen LogP contribution in [-0.4, -0.2) is 23.0 Å². The fourth-order valence-electron chi connectivity index (χ4n) is 1.80. The molecule has 0 aliphatic rings. The second-order valence-corrected chi connectivity index (χ2v) is 4.73. The van der Waals surface area contributed by atoms with E-state index in [0.29, 0.717) is 12.0 Å². The van der Waals surface area contributed by atoms with Crippen LogP contribution in [0.3, 0.4) is 0 Å². The minimum absolute atomic E-state index is 0.101. The maximum absolute atomic E-state index is 12.0. The van der Waals surface area contributed by atoms with Gasteiger partial charge in [0.15, 0.2) is 0 Å². The van der Waals surface area contributed by atoms with Gasteiger partial charge in [0.1, 0.15) is 6.04 Å². The van der Waals surface area contributed by atoms with E-state index < -0.39 is 12.0 Å². The lowest BCUT2D eigenvalue weighted by molar-refractivity contribution is -0.140. The predicted octanol–water partition coefficient (Wildman–Crippen LogP) is 2.48. The number of hydrogen-bond donors (Lipinski definition) is 2.